The summed E-state index contributed by atoms with van der Waals surface area (Å²) in [5.74, 6) is -1.32. The molecule has 1 aliphatic rings. The van der Waals surface area contributed by atoms with E-state index in [4.69, 9.17) is 10.2 Å². The lowest BCUT2D eigenvalue weighted by molar-refractivity contribution is -0.152. The maximum absolute atomic E-state index is 10.8. The summed E-state index contributed by atoms with van der Waals surface area (Å²) in [5, 5.41) is 26.8. The number of hydrogen-bond acceptors (Lipinski definition) is 3. The fraction of sp³-hybridized carbons (Fsp3) is 0.714. The number of hydrogen-bond donors (Lipinski definition) is 3. The van der Waals surface area contributed by atoms with E-state index < -0.39 is 23.7 Å². The molecule has 6 nitrogen and oxygen atoms in total. The van der Waals surface area contributed by atoms with Gasteiger partial charge in [0, 0.05) is 6.54 Å². The summed E-state index contributed by atoms with van der Waals surface area (Å²) in [7, 11) is 0. The molecule has 6 heteroatoms. The van der Waals surface area contributed by atoms with Crippen LogP contribution in [0.25, 0.3) is 0 Å². The van der Waals surface area contributed by atoms with Crippen molar-refractivity contribution in [1.82, 2.24) is 4.90 Å². The lowest BCUT2D eigenvalue weighted by Crippen LogP contribution is -2.55. The average molecular weight is 189 g/mol. The van der Waals surface area contributed by atoms with E-state index in [-0.39, 0.29) is 13.0 Å². The zero-order chi connectivity index (χ0) is 10.2. The van der Waals surface area contributed by atoms with Crippen LogP contribution in [0, 0.1) is 0 Å². The van der Waals surface area contributed by atoms with E-state index in [2.05, 4.69) is 0 Å². The van der Waals surface area contributed by atoms with Crippen LogP contribution >= 0.6 is 0 Å². The van der Waals surface area contributed by atoms with Gasteiger partial charge in [-0.2, -0.15) is 0 Å². The minimum atomic E-state index is -1.70. The molecule has 1 aliphatic heterocycles. The Morgan fingerprint density at radius 3 is 2.31 bits per heavy atom. The lowest BCUT2D eigenvalue weighted by atomic mass is 9.96. The van der Waals surface area contributed by atoms with Crippen molar-refractivity contribution in [3.8, 4) is 0 Å². The summed E-state index contributed by atoms with van der Waals surface area (Å²) >= 11 is 0. The first-order valence-electron chi connectivity index (χ1n) is 3.82. The molecule has 0 radical (unpaired) electrons. The molecular weight excluding hydrogens is 178 g/mol. The second-order valence-electron chi connectivity index (χ2n) is 3.19. The van der Waals surface area contributed by atoms with Crippen LogP contribution in [-0.4, -0.2) is 50.5 Å². The number of likely N-dealkylation sites (tertiary alicyclic amines) is 1. The standard InChI is InChI=1S/C7H11NO5/c1-7(5(10)11)4(9)2-3-8(7)6(12)13/h4,9H,2-3H2,1H3,(H,10,11)(H,12,13)/t4-,7+/m0/s1. The lowest BCUT2D eigenvalue weighted by Gasteiger charge is -2.30. The third kappa shape index (κ3) is 1.23. The third-order valence-corrected chi connectivity index (χ3v) is 2.50. The maximum Gasteiger partial charge on any atom is 0.408 e. The zero-order valence-corrected chi connectivity index (χ0v) is 7.10. The van der Waals surface area contributed by atoms with Crippen LogP contribution in [0.5, 0.6) is 0 Å². The molecule has 1 fully saturated rings. The normalized spacial score (nSPS) is 33.4. The topological polar surface area (TPSA) is 98.1 Å². The molecule has 0 saturated carbocycles. The second kappa shape index (κ2) is 2.88. The Bertz CT molecular complexity index is 253. The van der Waals surface area contributed by atoms with Crippen molar-refractivity contribution in [2.24, 2.45) is 0 Å². The van der Waals surface area contributed by atoms with Gasteiger partial charge in [0.25, 0.3) is 0 Å². The molecule has 3 N–H and O–H groups in total. The van der Waals surface area contributed by atoms with Gasteiger partial charge in [-0.25, -0.2) is 9.59 Å². The number of carboxylic acids is 1. The van der Waals surface area contributed by atoms with Crippen molar-refractivity contribution >= 4 is 12.1 Å². The largest absolute Gasteiger partial charge is 0.479 e. The first kappa shape index (κ1) is 9.79. The van der Waals surface area contributed by atoms with E-state index in [9.17, 15) is 14.7 Å². The van der Waals surface area contributed by atoms with Crippen LogP contribution in [-0.2, 0) is 4.79 Å². The van der Waals surface area contributed by atoms with Crippen LogP contribution in [0.4, 0.5) is 4.79 Å². The predicted octanol–water partition coefficient (Wildman–Crippen LogP) is -0.426. The van der Waals surface area contributed by atoms with E-state index in [0.29, 0.717) is 0 Å². The number of amides is 1. The Labute approximate surface area is 74.4 Å². The van der Waals surface area contributed by atoms with Gasteiger partial charge in [0.05, 0.1) is 6.10 Å². The summed E-state index contributed by atoms with van der Waals surface area (Å²) in [6.07, 6.45) is -2.29. The average Bonchev–Trinajstić information content (AvgIpc) is 2.30. The highest BCUT2D eigenvalue weighted by Crippen LogP contribution is 2.29. The minimum absolute atomic E-state index is 0.0549. The van der Waals surface area contributed by atoms with Crippen molar-refractivity contribution in [3.05, 3.63) is 0 Å². The highest BCUT2D eigenvalue weighted by molar-refractivity contribution is 5.85. The fourth-order valence-electron chi connectivity index (χ4n) is 1.50. The highest BCUT2D eigenvalue weighted by Gasteiger charge is 2.52. The van der Waals surface area contributed by atoms with Gasteiger partial charge in [-0.15, -0.1) is 0 Å². The van der Waals surface area contributed by atoms with Crippen molar-refractivity contribution in [1.29, 1.82) is 0 Å². The molecule has 0 aromatic heterocycles. The van der Waals surface area contributed by atoms with Gasteiger partial charge in [-0.1, -0.05) is 0 Å². The van der Waals surface area contributed by atoms with Crippen molar-refractivity contribution in [2.45, 2.75) is 25.0 Å². The van der Waals surface area contributed by atoms with Crippen molar-refractivity contribution < 1.29 is 24.9 Å². The molecule has 0 bridgehead atoms. The Morgan fingerprint density at radius 2 is 2.00 bits per heavy atom. The van der Waals surface area contributed by atoms with E-state index in [1.165, 1.54) is 6.92 Å². The van der Waals surface area contributed by atoms with E-state index >= 15 is 0 Å². The van der Waals surface area contributed by atoms with Gasteiger partial charge < -0.3 is 15.3 Å². The van der Waals surface area contributed by atoms with Crippen molar-refractivity contribution in [2.75, 3.05) is 6.54 Å². The number of nitrogens with zero attached hydrogens (tertiary/aromatic N) is 1. The van der Waals surface area contributed by atoms with Crippen LogP contribution in [0.1, 0.15) is 13.3 Å². The van der Waals surface area contributed by atoms with Gasteiger partial charge in [-0.3, -0.25) is 4.90 Å². The smallest absolute Gasteiger partial charge is 0.408 e. The minimum Gasteiger partial charge on any atom is -0.479 e. The van der Waals surface area contributed by atoms with Crippen LogP contribution in [0.2, 0.25) is 0 Å². The fourth-order valence-corrected chi connectivity index (χ4v) is 1.50. The monoisotopic (exact) mass is 189 g/mol. The van der Waals surface area contributed by atoms with Gasteiger partial charge >= 0.3 is 12.1 Å². The molecule has 0 aliphatic carbocycles. The summed E-state index contributed by atoms with van der Waals surface area (Å²) < 4.78 is 0. The molecule has 74 valence electrons. The third-order valence-electron chi connectivity index (χ3n) is 2.50. The van der Waals surface area contributed by atoms with Crippen LogP contribution < -0.4 is 0 Å². The Morgan fingerprint density at radius 1 is 1.46 bits per heavy atom. The number of aliphatic hydroxyl groups excluding tert-OH is 1. The summed E-state index contributed by atoms with van der Waals surface area (Å²) in [6, 6.07) is 0. The van der Waals surface area contributed by atoms with Crippen LogP contribution in [0.3, 0.4) is 0 Å². The predicted molar refractivity (Wildman–Crippen MR) is 41.4 cm³/mol. The molecule has 1 rings (SSSR count). The molecule has 0 aromatic carbocycles. The molecule has 0 unspecified atom stereocenters. The SMILES string of the molecule is C[C@]1(C(=O)O)[C@@H](O)CCN1C(=O)O. The molecule has 13 heavy (non-hydrogen) atoms. The molecule has 2 atom stereocenters. The summed E-state index contributed by atoms with van der Waals surface area (Å²) in [4.78, 5) is 22.2. The molecule has 1 amide bonds. The Balaban J connectivity index is 3.01. The van der Waals surface area contributed by atoms with Gasteiger partial charge in [0.15, 0.2) is 5.54 Å². The van der Waals surface area contributed by atoms with Gasteiger partial charge in [0.2, 0.25) is 0 Å². The Kier molecular flexibility index (Phi) is 2.17. The Hall–Kier alpha value is -1.30. The number of aliphatic hydroxyl groups is 1. The molecule has 0 aromatic rings. The quantitative estimate of drug-likeness (QED) is 0.520. The highest BCUT2D eigenvalue weighted by atomic mass is 16.4. The van der Waals surface area contributed by atoms with Gasteiger partial charge in [0.1, 0.15) is 0 Å². The molecule has 1 heterocycles. The number of rotatable bonds is 1. The number of carboxylic acid groups (broad SMARTS) is 2. The molecule has 0 spiro atoms. The van der Waals surface area contributed by atoms with E-state index in [0.717, 1.165) is 4.90 Å². The molecular formula is C7H11NO5. The van der Waals surface area contributed by atoms with E-state index in [1.54, 1.807) is 0 Å². The number of carbonyl (C=O) groups is 2. The first-order chi connectivity index (χ1) is 5.90. The zero-order valence-electron chi connectivity index (χ0n) is 7.10. The number of aliphatic carboxylic acids is 1. The maximum atomic E-state index is 10.8. The van der Waals surface area contributed by atoms with Crippen molar-refractivity contribution in [3.63, 3.8) is 0 Å². The summed E-state index contributed by atoms with van der Waals surface area (Å²) in [5.41, 5.74) is -1.70. The van der Waals surface area contributed by atoms with E-state index in [1.807, 2.05) is 0 Å². The molecule has 1 saturated heterocycles. The second-order valence-corrected chi connectivity index (χ2v) is 3.19. The van der Waals surface area contributed by atoms with Gasteiger partial charge in [-0.05, 0) is 13.3 Å². The summed E-state index contributed by atoms with van der Waals surface area (Å²) in [6.45, 7) is 1.26. The van der Waals surface area contributed by atoms with Crippen LogP contribution in [0.15, 0.2) is 0 Å². The first-order valence-corrected chi connectivity index (χ1v) is 3.82.